The molecular formula is C15H20F3NO2S. The Hall–Kier alpha value is -1.08. The van der Waals surface area contributed by atoms with Gasteiger partial charge in [-0.3, -0.25) is 0 Å². The van der Waals surface area contributed by atoms with Gasteiger partial charge in [0, 0.05) is 0 Å². The molecule has 0 N–H and O–H groups in total. The van der Waals surface area contributed by atoms with E-state index in [-0.39, 0.29) is 11.5 Å². The fourth-order valence-corrected chi connectivity index (χ4v) is 4.08. The molecule has 0 saturated carbocycles. The first-order valence-electron chi connectivity index (χ1n) is 7.31. The maximum absolute atomic E-state index is 12.8. The largest absolute Gasteiger partial charge is 0.501 e. The van der Waals surface area contributed by atoms with Gasteiger partial charge >= 0.3 is 5.51 Å². The Morgan fingerprint density at radius 3 is 2.32 bits per heavy atom. The molecule has 2 rings (SSSR count). The number of rotatable bonds is 3. The van der Waals surface area contributed by atoms with E-state index in [1.54, 1.807) is 6.07 Å². The van der Waals surface area contributed by atoms with Crippen molar-refractivity contribution in [1.82, 2.24) is 4.90 Å². The van der Waals surface area contributed by atoms with Crippen LogP contribution < -0.4 is 0 Å². The number of likely N-dealkylation sites (tertiary alicyclic amines) is 1. The highest BCUT2D eigenvalue weighted by Gasteiger charge is 2.47. The third kappa shape index (κ3) is 3.15. The van der Waals surface area contributed by atoms with Crippen molar-refractivity contribution in [3.8, 4) is 0 Å². The Balaban J connectivity index is 2.36. The third-order valence-corrected chi connectivity index (χ3v) is 6.03. The van der Waals surface area contributed by atoms with Gasteiger partial charge in [-0.05, 0) is 62.5 Å². The molecule has 0 amide bonds. The van der Waals surface area contributed by atoms with Crippen LogP contribution in [0.1, 0.15) is 36.8 Å². The van der Waals surface area contributed by atoms with Crippen molar-refractivity contribution >= 4 is 9.84 Å². The summed E-state index contributed by atoms with van der Waals surface area (Å²) in [5.41, 5.74) is -4.31. The van der Waals surface area contributed by atoms with Crippen LogP contribution in [0.25, 0.3) is 0 Å². The van der Waals surface area contributed by atoms with Gasteiger partial charge in [-0.1, -0.05) is 19.1 Å². The van der Waals surface area contributed by atoms with E-state index in [0.29, 0.717) is 0 Å². The Morgan fingerprint density at radius 1 is 1.23 bits per heavy atom. The molecule has 0 unspecified atom stereocenters. The summed E-state index contributed by atoms with van der Waals surface area (Å²) in [5.74, 6) is 0.117. The molecule has 7 heteroatoms. The van der Waals surface area contributed by atoms with E-state index in [1.165, 1.54) is 13.0 Å². The fourth-order valence-electron chi connectivity index (χ4n) is 3.05. The summed E-state index contributed by atoms with van der Waals surface area (Å²) in [4.78, 5) is 1.66. The van der Waals surface area contributed by atoms with Crippen LogP contribution in [0.15, 0.2) is 23.1 Å². The summed E-state index contributed by atoms with van der Waals surface area (Å²) in [6, 6.07) is 4.20. The second-order valence-corrected chi connectivity index (χ2v) is 7.54. The number of halogens is 3. The Kier molecular flexibility index (Phi) is 4.87. The van der Waals surface area contributed by atoms with Gasteiger partial charge in [0.1, 0.15) is 0 Å². The van der Waals surface area contributed by atoms with Crippen LogP contribution in [0.3, 0.4) is 0 Å². The molecule has 0 bridgehead atoms. The van der Waals surface area contributed by atoms with Gasteiger partial charge in [-0.25, -0.2) is 8.42 Å². The molecule has 1 aromatic rings. The van der Waals surface area contributed by atoms with Crippen LogP contribution in [0.4, 0.5) is 13.2 Å². The predicted molar refractivity (Wildman–Crippen MR) is 78.5 cm³/mol. The van der Waals surface area contributed by atoms with Gasteiger partial charge in [0.25, 0.3) is 9.84 Å². The zero-order valence-corrected chi connectivity index (χ0v) is 13.5. The maximum atomic E-state index is 12.8. The van der Waals surface area contributed by atoms with Crippen molar-refractivity contribution in [3.63, 3.8) is 0 Å². The van der Waals surface area contributed by atoms with Gasteiger partial charge < -0.3 is 4.90 Å². The molecule has 124 valence electrons. The average Bonchev–Trinajstić information content (AvgIpc) is 2.46. The molecule has 1 fully saturated rings. The molecule has 0 aromatic heterocycles. The number of nitrogens with zero attached hydrogens (tertiary/aromatic N) is 1. The van der Waals surface area contributed by atoms with Crippen molar-refractivity contribution < 1.29 is 21.6 Å². The van der Waals surface area contributed by atoms with Crippen molar-refractivity contribution in [2.24, 2.45) is 0 Å². The summed E-state index contributed by atoms with van der Waals surface area (Å²) < 4.78 is 61.7. The predicted octanol–water partition coefficient (Wildman–Crippen LogP) is 3.49. The molecule has 1 heterocycles. The summed E-state index contributed by atoms with van der Waals surface area (Å²) in [7, 11) is -5.29. The Labute approximate surface area is 129 Å². The van der Waals surface area contributed by atoms with Crippen LogP contribution in [0.5, 0.6) is 0 Å². The molecule has 22 heavy (non-hydrogen) atoms. The lowest BCUT2D eigenvalue weighted by atomic mass is 9.87. The van der Waals surface area contributed by atoms with Crippen molar-refractivity contribution in [3.05, 3.63) is 29.3 Å². The standard InChI is InChI=1S/C15H20F3NO2S/c1-3-19-9-7-12(8-10-19)13-5-4-6-14(11(13)2)22(20,21)15(16,17)18/h4-6,12H,3,7-10H2,1-2H3. The zero-order chi connectivity index (χ0) is 16.5. The molecule has 1 saturated heterocycles. The van der Waals surface area contributed by atoms with Gasteiger partial charge in [-0.15, -0.1) is 0 Å². The van der Waals surface area contributed by atoms with E-state index in [9.17, 15) is 21.6 Å². The van der Waals surface area contributed by atoms with Crippen LogP contribution in [-0.2, 0) is 9.84 Å². The molecule has 1 aromatic carbocycles. The molecular weight excluding hydrogens is 315 g/mol. The van der Waals surface area contributed by atoms with Crippen LogP contribution in [-0.4, -0.2) is 38.5 Å². The second-order valence-electron chi connectivity index (χ2n) is 5.63. The number of sulfone groups is 1. The van der Waals surface area contributed by atoms with E-state index in [4.69, 9.17) is 0 Å². The highest BCUT2D eigenvalue weighted by atomic mass is 32.2. The average molecular weight is 335 g/mol. The van der Waals surface area contributed by atoms with E-state index in [1.807, 2.05) is 0 Å². The quantitative estimate of drug-likeness (QED) is 0.848. The lowest BCUT2D eigenvalue weighted by molar-refractivity contribution is -0.0436. The fraction of sp³-hybridized carbons (Fsp3) is 0.600. The normalized spacial score (nSPS) is 18.6. The number of hydrogen-bond acceptors (Lipinski definition) is 3. The summed E-state index contributed by atoms with van der Waals surface area (Å²) in [6.45, 7) is 6.27. The SMILES string of the molecule is CCN1CCC(c2cccc(S(=O)(=O)C(F)(F)F)c2C)CC1. The molecule has 0 radical (unpaired) electrons. The summed E-state index contributed by atoms with van der Waals surface area (Å²) >= 11 is 0. The maximum Gasteiger partial charge on any atom is 0.501 e. The van der Waals surface area contributed by atoms with E-state index < -0.39 is 20.2 Å². The number of benzene rings is 1. The van der Waals surface area contributed by atoms with Gasteiger partial charge in [0.15, 0.2) is 0 Å². The summed E-state index contributed by atoms with van der Waals surface area (Å²) in [5, 5.41) is 0. The Morgan fingerprint density at radius 2 is 1.82 bits per heavy atom. The van der Waals surface area contributed by atoms with E-state index >= 15 is 0 Å². The first kappa shape index (κ1) is 17.3. The van der Waals surface area contributed by atoms with Crippen molar-refractivity contribution in [2.75, 3.05) is 19.6 Å². The highest BCUT2D eigenvalue weighted by Crippen LogP contribution is 2.37. The second kappa shape index (κ2) is 6.20. The molecule has 1 aliphatic heterocycles. The monoisotopic (exact) mass is 335 g/mol. The topological polar surface area (TPSA) is 37.4 Å². The van der Waals surface area contributed by atoms with Gasteiger partial charge in [-0.2, -0.15) is 13.2 Å². The molecule has 1 aliphatic rings. The van der Waals surface area contributed by atoms with Gasteiger partial charge in [0.05, 0.1) is 4.90 Å². The van der Waals surface area contributed by atoms with Crippen molar-refractivity contribution in [2.45, 2.75) is 43.0 Å². The first-order chi connectivity index (χ1) is 10.2. The zero-order valence-electron chi connectivity index (χ0n) is 12.7. The molecule has 3 nitrogen and oxygen atoms in total. The number of alkyl halides is 3. The van der Waals surface area contributed by atoms with Crippen LogP contribution in [0.2, 0.25) is 0 Å². The summed E-state index contributed by atoms with van der Waals surface area (Å²) in [6.07, 6.45) is 1.67. The van der Waals surface area contributed by atoms with Crippen LogP contribution >= 0.6 is 0 Å². The Bertz CT molecular complexity index is 633. The molecule has 0 aliphatic carbocycles. The molecule has 0 atom stereocenters. The van der Waals surface area contributed by atoms with E-state index in [2.05, 4.69) is 11.8 Å². The minimum atomic E-state index is -5.29. The number of piperidine rings is 1. The smallest absolute Gasteiger partial charge is 0.304 e. The van der Waals surface area contributed by atoms with Crippen LogP contribution in [0, 0.1) is 6.92 Å². The highest BCUT2D eigenvalue weighted by molar-refractivity contribution is 7.92. The third-order valence-electron chi connectivity index (χ3n) is 4.39. The molecule has 0 spiro atoms. The lowest BCUT2D eigenvalue weighted by Crippen LogP contribution is -2.33. The minimum absolute atomic E-state index is 0.117. The van der Waals surface area contributed by atoms with E-state index in [0.717, 1.165) is 44.1 Å². The minimum Gasteiger partial charge on any atom is -0.304 e. The van der Waals surface area contributed by atoms with Gasteiger partial charge in [0.2, 0.25) is 0 Å². The van der Waals surface area contributed by atoms with Crippen molar-refractivity contribution in [1.29, 1.82) is 0 Å². The number of hydrogen-bond donors (Lipinski definition) is 0. The first-order valence-corrected chi connectivity index (χ1v) is 8.80. The lowest BCUT2D eigenvalue weighted by Gasteiger charge is -2.32.